The largest absolute Gasteiger partial charge is 0.336 e. The number of hydrogen-bond acceptors (Lipinski definition) is 4. The number of amides is 1. The first-order valence-electron chi connectivity index (χ1n) is 8.38. The molecule has 1 aliphatic rings. The van der Waals surface area contributed by atoms with Gasteiger partial charge in [-0.25, -0.2) is 9.97 Å². The van der Waals surface area contributed by atoms with Gasteiger partial charge in [0.15, 0.2) is 0 Å². The molecule has 1 amide bonds. The molecular formula is C19H24N4O. The highest BCUT2D eigenvalue weighted by atomic mass is 16.2. The Kier molecular flexibility index (Phi) is 4.90. The van der Waals surface area contributed by atoms with Gasteiger partial charge in [-0.15, -0.1) is 0 Å². The minimum absolute atomic E-state index is 0.0184. The van der Waals surface area contributed by atoms with E-state index in [1.807, 2.05) is 31.9 Å². The molecule has 126 valence electrons. The van der Waals surface area contributed by atoms with Gasteiger partial charge in [0.25, 0.3) is 5.91 Å². The number of rotatable bonds is 4. The van der Waals surface area contributed by atoms with Gasteiger partial charge in [-0.3, -0.25) is 9.69 Å². The van der Waals surface area contributed by atoms with Gasteiger partial charge < -0.3 is 4.90 Å². The Labute approximate surface area is 143 Å². The third kappa shape index (κ3) is 3.79. The van der Waals surface area contributed by atoms with Gasteiger partial charge >= 0.3 is 0 Å². The Hall–Kier alpha value is -2.27. The van der Waals surface area contributed by atoms with Crippen LogP contribution in [0.3, 0.4) is 0 Å². The third-order valence-corrected chi connectivity index (χ3v) is 4.55. The summed E-state index contributed by atoms with van der Waals surface area (Å²) in [6.45, 7) is 6.56. The normalized spacial score (nSPS) is 17.9. The number of benzene rings is 1. The molecule has 2 aromatic rings. The lowest BCUT2D eigenvalue weighted by atomic mass is 10.2. The van der Waals surface area contributed by atoms with Crippen molar-refractivity contribution in [3.8, 4) is 0 Å². The molecular weight excluding hydrogens is 300 g/mol. The zero-order valence-electron chi connectivity index (χ0n) is 14.6. The number of aryl methyl sites for hydroxylation is 2. The van der Waals surface area contributed by atoms with Crippen molar-refractivity contribution >= 4 is 5.91 Å². The topological polar surface area (TPSA) is 49.3 Å². The van der Waals surface area contributed by atoms with E-state index in [-0.39, 0.29) is 11.9 Å². The molecule has 3 rings (SSSR count). The number of aromatic nitrogens is 2. The Balaban J connectivity index is 1.63. The smallest absolute Gasteiger partial charge is 0.272 e. The van der Waals surface area contributed by atoms with Gasteiger partial charge in [-0.05, 0) is 31.9 Å². The molecule has 2 heterocycles. The summed E-state index contributed by atoms with van der Waals surface area (Å²) in [4.78, 5) is 25.5. The highest BCUT2D eigenvalue weighted by Gasteiger charge is 2.29. The molecule has 0 N–H and O–H groups in total. The van der Waals surface area contributed by atoms with E-state index >= 15 is 0 Å². The van der Waals surface area contributed by atoms with E-state index in [1.54, 1.807) is 6.07 Å². The van der Waals surface area contributed by atoms with Crippen LogP contribution in [0, 0.1) is 13.8 Å². The number of carbonyl (C=O) groups excluding carboxylic acids is 1. The minimum Gasteiger partial charge on any atom is -0.336 e. The third-order valence-electron chi connectivity index (χ3n) is 4.55. The van der Waals surface area contributed by atoms with Crippen LogP contribution >= 0.6 is 0 Å². The van der Waals surface area contributed by atoms with Crippen molar-refractivity contribution in [3.05, 3.63) is 59.2 Å². The first-order chi connectivity index (χ1) is 11.5. The Morgan fingerprint density at radius 3 is 2.71 bits per heavy atom. The van der Waals surface area contributed by atoms with E-state index in [2.05, 4.69) is 39.1 Å². The highest BCUT2D eigenvalue weighted by Crippen LogP contribution is 2.18. The second-order valence-electron chi connectivity index (χ2n) is 6.52. The second-order valence-corrected chi connectivity index (χ2v) is 6.52. The lowest BCUT2D eigenvalue weighted by Crippen LogP contribution is -2.39. The number of carbonyl (C=O) groups is 1. The Morgan fingerprint density at radius 2 is 2.00 bits per heavy atom. The molecule has 1 aromatic carbocycles. The molecule has 0 spiro atoms. The van der Waals surface area contributed by atoms with Crippen molar-refractivity contribution in [3.63, 3.8) is 0 Å². The summed E-state index contributed by atoms with van der Waals surface area (Å²) >= 11 is 0. The molecule has 0 saturated carbocycles. The first-order valence-corrected chi connectivity index (χ1v) is 8.38. The molecule has 0 bridgehead atoms. The summed E-state index contributed by atoms with van der Waals surface area (Å²) in [6.07, 6.45) is 0.998. The molecule has 5 heteroatoms. The van der Waals surface area contributed by atoms with Crippen molar-refractivity contribution in [2.24, 2.45) is 0 Å². The second kappa shape index (κ2) is 7.09. The van der Waals surface area contributed by atoms with Crippen molar-refractivity contribution < 1.29 is 4.79 Å². The first kappa shape index (κ1) is 16.6. The zero-order valence-corrected chi connectivity index (χ0v) is 14.6. The average Bonchev–Trinajstić information content (AvgIpc) is 3.02. The van der Waals surface area contributed by atoms with Crippen LogP contribution in [0.5, 0.6) is 0 Å². The van der Waals surface area contributed by atoms with Gasteiger partial charge in [-0.2, -0.15) is 0 Å². The predicted molar refractivity (Wildman–Crippen MR) is 93.7 cm³/mol. The SMILES string of the molecule is Cc1cc(C(=O)N(C)[C@@H]2CCN(Cc3ccccc3)C2)nc(C)n1. The predicted octanol–water partition coefficient (Wildman–Crippen LogP) is 2.44. The maximum absolute atomic E-state index is 12.7. The average molecular weight is 324 g/mol. The maximum atomic E-state index is 12.7. The molecule has 1 aromatic heterocycles. The quantitative estimate of drug-likeness (QED) is 0.867. The fourth-order valence-electron chi connectivity index (χ4n) is 3.29. The maximum Gasteiger partial charge on any atom is 0.272 e. The van der Waals surface area contributed by atoms with Gasteiger partial charge in [-0.1, -0.05) is 30.3 Å². The summed E-state index contributed by atoms with van der Waals surface area (Å²) in [6, 6.07) is 12.5. The molecule has 0 unspecified atom stereocenters. The Morgan fingerprint density at radius 1 is 1.25 bits per heavy atom. The van der Waals surface area contributed by atoms with E-state index in [0.717, 1.165) is 31.7 Å². The van der Waals surface area contributed by atoms with Crippen LogP contribution in [-0.4, -0.2) is 51.9 Å². The molecule has 0 aliphatic carbocycles. The standard InChI is InChI=1S/C19H24N4O/c1-14-11-18(21-15(2)20-14)19(24)22(3)17-9-10-23(13-17)12-16-7-5-4-6-8-16/h4-8,11,17H,9-10,12-13H2,1-3H3/t17-/m1/s1. The molecule has 1 saturated heterocycles. The lowest BCUT2D eigenvalue weighted by Gasteiger charge is -2.25. The van der Waals surface area contributed by atoms with Crippen LogP contribution in [0.1, 0.15) is 34.0 Å². The molecule has 0 radical (unpaired) electrons. The number of likely N-dealkylation sites (N-methyl/N-ethyl adjacent to an activating group) is 1. The fourth-order valence-corrected chi connectivity index (χ4v) is 3.29. The van der Waals surface area contributed by atoms with Crippen molar-refractivity contribution in [1.82, 2.24) is 19.8 Å². The molecule has 1 aliphatic heterocycles. The number of likely N-dealkylation sites (tertiary alicyclic amines) is 1. The molecule has 24 heavy (non-hydrogen) atoms. The van der Waals surface area contributed by atoms with Crippen molar-refractivity contribution in [1.29, 1.82) is 0 Å². The highest BCUT2D eigenvalue weighted by molar-refractivity contribution is 5.92. The zero-order chi connectivity index (χ0) is 17.1. The van der Waals surface area contributed by atoms with Crippen molar-refractivity contribution in [2.45, 2.75) is 32.9 Å². The number of nitrogens with zero attached hydrogens (tertiary/aromatic N) is 4. The van der Waals surface area contributed by atoms with Gasteiger partial charge in [0.2, 0.25) is 0 Å². The monoisotopic (exact) mass is 324 g/mol. The van der Waals surface area contributed by atoms with Gasteiger partial charge in [0.05, 0.1) is 0 Å². The summed E-state index contributed by atoms with van der Waals surface area (Å²) in [7, 11) is 1.88. The van der Waals surface area contributed by atoms with E-state index < -0.39 is 0 Å². The van der Waals surface area contributed by atoms with Gasteiger partial charge in [0.1, 0.15) is 11.5 Å². The van der Waals surface area contributed by atoms with Crippen LogP contribution in [0.25, 0.3) is 0 Å². The minimum atomic E-state index is -0.0184. The van der Waals surface area contributed by atoms with Crippen LogP contribution in [0.4, 0.5) is 0 Å². The van der Waals surface area contributed by atoms with E-state index in [1.165, 1.54) is 5.56 Å². The fraction of sp³-hybridized carbons (Fsp3) is 0.421. The summed E-state index contributed by atoms with van der Waals surface area (Å²) in [5.74, 6) is 0.624. The van der Waals surface area contributed by atoms with Crippen LogP contribution in [0.2, 0.25) is 0 Å². The van der Waals surface area contributed by atoms with Gasteiger partial charge in [0, 0.05) is 38.4 Å². The van der Waals surface area contributed by atoms with Crippen molar-refractivity contribution in [2.75, 3.05) is 20.1 Å². The summed E-state index contributed by atoms with van der Waals surface area (Å²) in [5, 5.41) is 0. The molecule has 5 nitrogen and oxygen atoms in total. The molecule has 1 fully saturated rings. The lowest BCUT2D eigenvalue weighted by molar-refractivity contribution is 0.0728. The number of hydrogen-bond donors (Lipinski definition) is 0. The van der Waals surface area contributed by atoms with E-state index in [9.17, 15) is 4.79 Å². The summed E-state index contributed by atoms with van der Waals surface area (Å²) in [5.41, 5.74) is 2.63. The van der Waals surface area contributed by atoms with E-state index in [0.29, 0.717) is 11.5 Å². The van der Waals surface area contributed by atoms with Crippen LogP contribution in [-0.2, 0) is 6.54 Å². The molecule has 1 atom stereocenters. The van der Waals surface area contributed by atoms with Crippen LogP contribution in [0.15, 0.2) is 36.4 Å². The van der Waals surface area contributed by atoms with E-state index in [4.69, 9.17) is 0 Å². The summed E-state index contributed by atoms with van der Waals surface area (Å²) < 4.78 is 0. The van der Waals surface area contributed by atoms with Crippen LogP contribution < -0.4 is 0 Å². The Bertz CT molecular complexity index is 696.